The monoisotopic (exact) mass is 409 g/mol. The van der Waals surface area contributed by atoms with Crippen LogP contribution in [0, 0.1) is 12.7 Å². The summed E-state index contributed by atoms with van der Waals surface area (Å²) in [5.74, 6) is -0.193. The van der Waals surface area contributed by atoms with Gasteiger partial charge in [-0.1, -0.05) is 0 Å². The van der Waals surface area contributed by atoms with Crippen molar-refractivity contribution in [1.29, 1.82) is 0 Å². The molecule has 1 saturated heterocycles. The molecule has 156 valence electrons. The lowest BCUT2D eigenvalue weighted by atomic mass is 9.96. The maximum atomic E-state index is 14.2. The molecule has 1 amide bonds. The fourth-order valence-corrected chi connectivity index (χ4v) is 4.24. The van der Waals surface area contributed by atoms with Crippen molar-refractivity contribution >= 4 is 23.1 Å². The third-order valence-corrected chi connectivity index (χ3v) is 6.12. The van der Waals surface area contributed by atoms with E-state index in [0.717, 1.165) is 25.2 Å². The Morgan fingerprint density at radius 3 is 2.90 bits per heavy atom. The average Bonchev–Trinajstić information content (AvgIpc) is 3.36. The Labute approximate surface area is 173 Å². The van der Waals surface area contributed by atoms with Crippen LogP contribution in [0.4, 0.5) is 15.9 Å². The molecule has 3 aromatic rings. The molecule has 0 radical (unpaired) electrons. The number of piperidine rings is 1. The van der Waals surface area contributed by atoms with Gasteiger partial charge in [0.15, 0.2) is 11.5 Å². The van der Waals surface area contributed by atoms with Gasteiger partial charge in [-0.2, -0.15) is 0 Å². The van der Waals surface area contributed by atoms with E-state index in [1.807, 2.05) is 7.05 Å². The first-order valence-electron chi connectivity index (χ1n) is 10.2. The zero-order valence-corrected chi connectivity index (χ0v) is 17.0. The largest absolute Gasteiger partial charge is 0.355 e. The zero-order valence-electron chi connectivity index (χ0n) is 17.0. The number of hydrogen-bond donors (Lipinski definition) is 2. The molecule has 2 fully saturated rings. The summed E-state index contributed by atoms with van der Waals surface area (Å²) in [5.41, 5.74) is 1.76. The minimum absolute atomic E-state index is 0.179. The van der Waals surface area contributed by atoms with Gasteiger partial charge in [-0.25, -0.2) is 19.3 Å². The Bertz CT molecular complexity index is 1110. The van der Waals surface area contributed by atoms with Crippen molar-refractivity contribution in [2.75, 3.05) is 23.8 Å². The molecule has 2 aliphatic rings. The summed E-state index contributed by atoms with van der Waals surface area (Å²) in [5, 5.41) is 6.30. The first-order valence-corrected chi connectivity index (χ1v) is 10.2. The fraction of sp³-hybridized carbons (Fsp3) is 0.429. The van der Waals surface area contributed by atoms with E-state index in [-0.39, 0.29) is 11.3 Å². The minimum atomic E-state index is -0.501. The van der Waals surface area contributed by atoms with Gasteiger partial charge in [0, 0.05) is 37.1 Å². The summed E-state index contributed by atoms with van der Waals surface area (Å²) in [6, 6.07) is 1.66. The highest BCUT2D eigenvalue weighted by Crippen LogP contribution is 2.43. The van der Waals surface area contributed by atoms with E-state index in [0.29, 0.717) is 23.0 Å². The number of carbonyl (C=O) groups is 1. The smallest absolute Gasteiger partial charge is 0.275 e. The highest BCUT2D eigenvalue weighted by molar-refractivity contribution is 6.02. The van der Waals surface area contributed by atoms with Gasteiger partial charge in [0.25, 0.3) is 5.91 Å². The molecule has 0 bridgehead atoms. The Morgan fingerprint density at radius 2 is 2.17 bits per heavy atom. The van der Waals surface area contributed by atoms with E-state index in [1.165, 1.54) is 25.1 Å². The lowest BCUT2D eigenvalue weighted by Gasteiger charge is -2.36. The molecule has 1 unspecified atom stereocenters. The Hall–Kier alpha value is -3.07. The van der Waals surface area contributed by atoms with Crippen molar-refractivity contribution in [3.8, 4) is 0 Å². The van der Waals surface area contributed by atoms with Crippen LogP contribution >= 0.6 is 0 Å². The van der Waals surface area contributed by atoms with Crippen LogP contribution in [0.3, 0.4) is 0 Å². The number of carbonyl (C=O) groups excluding carboxylic acids is 1. The Kier molecular flexibility index (Phi) is 4.43. The van der Waals surface area contributed by atoms with Gasteiger partial charge in [0.1, 0.15) is 11.5 Å². The van der Waals surface area contributed by atoms with Gasteiger partial charge in [-0.15, -0.1) is 0 Å². The molecule has 8 nitrogen and oxygen atoms in total. The number of fused-ring (bicyclic) bond motifs is 1. The van der Waals surface area contributed by atoms with E-state index in [2.05, 4.69) is 30.5 Å². The van der Waals surface area contributed by atoms with Crippen molar-refractivity contribution in [2.45, 2.75) is 44.2 Å². The summed E-state index contributed by atoms with van der Waals surface area (Å²) >= 11 is 0. The van der Waals surface area contributed by atoms with Crippen molar-refractivity contribution < 1.29 is 9.18 Å². The van der Waals surface area contributed by atoms with E-state index >= 15 is 0 Å². The maximum absolute atomic E-state index is 14.2. The van der Waals surface area contributed by atoms with Crippen LogP contribution in [-0.4, -0.2) is 50.4 Å². The second kappa shape index (κ2) is 7.02. The molecule has 4 heterocycles. The number of hydrogen-bond acceptors (Lipinski definition) is 6. The molecule has 30 heavy (non-hydrogen) atoms. The first-order chi connectivity index (χ1) is 14.4. The minimum Gasteiger partial charge on any atom is -0.355 e. The fourth-order valence-electron chi connectivity index (χ4n) is 4.24. The number of halogens is 1. The summed E-state index contributed by atoms with van der Waals surface area (Å²) in [4.78, 5) is 27.6. The van der Waals surface area contributed by atoms with Crippen LogP contribution in [-0.2, 0) is 0 Å². The highest BCUT2D eigenvalue weighted by Gasteiger charge is 2.46. The number of aromatic nitrogens is 4. The van der Waals surface area contributed by atoms with Gasteiger partial charge >= 0.3 is 0 Å². The predicted octanol–water partition coefficient (Wildman–Crippen LogP) is 2.54. The van der Waals surface area contributed by atoms with Crippen LogP contribution < -0.4 is 15.5 Å². The predicted molar refractivity (Wildman–Crippen MR) is 111 cm³/mol. The van der Waals surface area contributed by atoms with Crippen LogP contribution in [0.5, 0.6) is 0 Å². The van der Waals surface area contributed by atoms with Crippen molar-refractivity contribution in [2.24, 2.45) is 0 Å². The van der Waals surface area contributed by atoms with Crippen molar-refractivity contribution in [3.63, 3.8) is 0 Å². The van der Waals surface area contributed by atoms with Gasteiger partial charge in [0.2, 0.25) is 0 Å². The Morgan fingerprint density at radius 1 is 1.33 bits per heavy atom. The average molecular weight is 409 g/mol. The number of anilines is 2. The van der Waals surface area contributed by atoms with E-state index in [9.17, 15) is 9.18 Å². The second-order valence-corrected chi connectivity index (χ2v) is 8.37. The van der Waals surface area contributed by atoms with E-state index in [4.69, 9.17) is 0 Å². The normalized spacial score (nSPS) is 19.8. The molecule has 1 atom stereocenters. The number of nitrogens with one attached hydrogen (secondary N) is 2. The number of pyridine rings is 1. The van der Waals surface area contributed by atoms with Gasteiger partial charge in [0.05, 0.1) is 23.8 Å². The molecule has 5 rings (SSSR count). The number of amides is 1. The van der Waals surface area contributed by atoms with Gasteiger partial charge < -0.3 is 19.9 Å². The molecule has 2 N–H and O–H groups in total. The van der Waals surface area contributed by atoms with Crippen LogP contribution in [0.25, 0.3) is 5.65 Å². The van der Waals surface area contributed by atoms with Gasteiger partial charge in [-0.3, -0.25) is 4.79 Å². The molecule has 1 aliphatic carbocycles. The molecule has 1 spiro atoms. The summed E-state index contributed by atoms with van der Waals surface area (Å²) < 4.78 is 15.8. The SMILES string of the molecule is Cc1cn2cc(NC(=O)c3cnc(N(C)C4CCNC5(CC5)C4)cn3)cc(F)c2n1. The molecule has 3 aromatic heterocycles. The van der Waals surface area contributed by atoms with E-state index < -0.39 is 11.7 Å². The van der Waals surface area contributed by atoms with Crippen molar-refractivity contribution in [3.05, 3.63) is 48.1 Å². The molecule has 1 aliphatic heterocycles. The third kappa shape index (κ3) is 3.49. The van der Waals surface area contributed by atoms with Crippen LogP contribution in [0.15, 0.2) is 30.9 Å². The summed E-state index contributed by atoms with van der Waals surface area (Å²) in [6.45, 7) is 2.80. The lowest BCUT2D eigenvalue weighted by Crippen LogP contribution is -2.48. The van der Waals surface area contributed by atoms with Gasteiger partial charge in [-0.05, 0) is 39.2 Å². The second-order valence-electron chi connectivity index (χ2n) is 8.37. The molecular formula is C21H24FN7O. The van der Waals surface area contributed by atoms with Crippen LogP contribution in [0.2, 0.25) is 0 Å². The number of aryl methyl sites for hydroxylation is 1. The number of imidazole rings is 1. The molecule has 0 aromatic carbocycles. The quantitative estimate of drug-likeness (QED) is 0.689. The number of rotatable bonds is 4. The topological polar surface area (TPSA) is 87.5 Å². The molecular weight excluding hydrogens is 385 g/mol. The summed E-state index contributed by atoms with van der Waals surface area (Å²) in [7, 11) is 2.03. The van der Waals surface area contributed by atoms with E-state index in [1.54, 1.807) is 29.9 Å². The van der Waals surface area contributed by atoms with Crippen LogP contribution in [0.1, 0.15) is 41.9 Å². The maximum Gasteiger partial charge on any atom is 0.275 e. The highest BCUT2D eigenvalue weighted by atomic mass is 19.1. The molecule has 9 heteroatoms. The number of nitrogens with zero attached hydrogens (tertiary/aromatic N) is 5. The third-order valence-electron chi connectivity index (χ3n) is 6.12. The summed E-state index contributed by atoms with van der Waals surface area (Å²) in [6.07, 6.45) is 11.1. The standard InChI is InChI=1S/C21H24FN7O/c1-13-11-29-12-14(7-16(22)19(29)26-13)27-20(30)17-9-24-18(10-23-17)28(2)15-3-6-25-21(8-15)4-5-21/h7,9-12,15,25H,3-6,8H2,1-2H3,(H,27,30). The van der Waals surface area contributed by atoms with Crippen molar-refractivity contribution in [1.82, 2.24) is 24.7 Å². The first kappa shape index (κ1) is 18.9. The molecule has 1 saturated carbocycles. The zero-order chi connectivity index (χ0) is 20.9. The Balaban J connectivity index is 1.28. The lowest BCUT2D eigenvalue weighted by molar-refractivity contribution is 0.102.